The van der Waals surface area contributed by atoms with Gasteiger partial charge in [0.2, 0.25) is 0 Å². The third kappa shape index (κ3) is 7.52. The molecule has 0 saturated heterocycles. The number of halogens is 1. The van der Waals surface area contributed by atoms with Gasteiger partial charge in [-0.1, -0.05) is 26.8 Å². The van der Waals surface area contributed by atoms with Crippen LogP contribution in [-0.2, 0) is 18.3 Å². The highest BCUT2D eigenvalue weighted by molar-refractivity contribution is 14.0. The molecule has 146 valence electrons. The number of hydrogen-bond acceptors (Lipinski definition) is 4. The molecule has 2 aromatic rings. The maximum absolute atomic E-state index is 4.78. The number of aromatic nitrogens is 1. The molecule has 0 aliphatic rings. The van der Waals surface area contributed by atoms with Gasteiger partial charge >= 0.3 is 0 Å². The minimum atomic E-state index is 0. The number of nitrogens with one attached hydrogen (secondary N) is 1. The monoisotopic (exact) mass is 506 g/mol. The molecular weight excluding hydrogens is 475 g/mol. The van der Waals surface area contributed by atoms with Gasteiger partial charge in [0.25, 0.3) is 0 Å². The summed E-state index contributed by atoms with van der Waals surface area (Å²) in [5.74, 6) is 0.978. The van der Waals surface area contributed by atoms with Crippen LogP contribution in [0.25, 0.3) is 0 Å². The molecular formula is C19H31IN4S2. The fourth-order valence-electron chi connectivity index (χ4n) is 2.34. The van der Waals surface area contributed by atoms with Crippen molar-refractivity contribution in [3.63, 3.8) is 0 Å². The van der Waals surface area contributed by atoms with E-state index in [0.29, 0.717) is 0 Å². The van der Waals surface area contributed by atoms with E-state index in [1.807, 2.05) is 11.3 Å². The second-order valence-electron chi connectivity index (χ2n) is 7.11. The van der Waals surface area contributed by atoms with Crippen LogP contribution in [0.2, 0.25) is 0 Å². The Hall–Kier alpha value is -0.670. The molecule has 0 aliphatic heterocycles. The predicted octanol–water partition coefficient (Wildman–Crippen LogP) is 4.80. The number of rotatable bonds is 7. The Morgan fingerprint density at radius 1 is 1.27 bits per heavy atom. The molecule has 0 aliphatic carbocycles. The lowest BCUT2D eigenvalue weighted by atomic mass is 9.93. The third-order valence-electron chi connectivity index (χ3n) is 3.88. The van der Waals surface area contributed by atoms with Crippen molar-refractivity contribution in [3.05, 3.63) is 38.5 Å². The van der Waals surface area contributed by atoms with Crippen LogP contribution in [-0.4, -0.2) is 42.5 Å². The normalized spacial score (nSPS) is 12.0. The number of hydrogen-bond donors (Lipinski definition) is 1. The highest BCUT2D eigenvalue weighted by Gasteiger charge is 2.17. The summed E-state index contributed by atoms with van der Waals surface area (Å²) in [6, 6.07) is 4.30. The summed E-state index contributed by atoms with van der Waals surface area (Å²) in [5.41, 5.74) is 1.30. The lowest BCUT2D eigenvalue weighted by Gasteiger charge is -2.21. The van der Waals surface area contributed by atoms with Crippen molar-refractivity contribution in [3.8, 4) is 0 Å². The molecule has 2 heterocycles. The number of thiophene rings is 1. The molecule has 2 rings (SSSR count). The standard InChI is InChI=1S/C19H30N4S2.HI/c1-6-20-18(23(5)12-10-15-8-7-13-24-15)21-11-9-17-22-16(14-25-17)19(2,3)4;/h7-8,13-14H,6,9-12H2,1-5H3,(H,20,21);1H. The second kappa shape index (κ2) is 11.2. The van der Waals surface area contributed by atoms with Crippen LogP contribution in [0.4, 0.5) is 0 Å². The average molecular weight is 507 g/mol. The first-order valence-corrected chi connectivity index (χ1v) is 10.6. The lowest BCUT2D eigenvalue weighted by molar-refractivity contribution is 0.487. The van der Waals surface area contributed by atoms with E-state index < -0.39 is 0 Å². The Balaban J connectivity index is 0.00000338. The predicted molar refractivity (Wildman–Crippen MR) is 127 cm³/mol. The molecule has 7 heteroatoms. The number of thiazole rings is 1. The molecule has 0 radical (unpaired) electrons. The van der Waals surface area contributed by atoms with Gasteiger partial charge < -0.3 is 10.2 Å². The number of likely N-dealkylation sites (N-methyl/N-ethyl adjacent to an activating group) is 1. The third-order valence-corrected chi connectivity index (χ3v) is 5.72. The first kappa shape index (κ1) is 23.4. The number of aliphatic imine (C=N–C) groups is 1. The highest BCUT2D eigenvalue weighted by Crippen LogP contribution is 2.24. The zero-order chi connectivity index (χ0) is 18.3. The molecule has 4 nitrogen and oxygen atoms in total. The Bertz CT molecular complexity index is 659. The van der Waals surface area contributed by atoms with E-state index in [2.05, 4.69) is 67.9 Å². The Morgan fingerprint density at radius 3 is 2.62 bits per heavy atom. The van der Waals surface area contributed by atoms with Gasteiger partial charge in [-0.3, -0.25) is 4.99 Å². The van der Waals surface area contributed by atoms with Gasteiger partial charge in [0.15, 0.2) is 5.96 Å². The summed E-state index contributed by atoms with van der Waals surface area (Å²) in [4.78, 5) is 13.2. The lowest BCUT2D eigenvalue weighted by Crippen LogP contribution is -2.40. The Labute approximate surface area is 183 Å². The van der Waals surface area contributed by atoms with E-state index in [0.717, 1.165) is 38.4 Å². The number of guanidine groups is 1. The van der Waals surface area contributed by atoms with E-state index in [1.54, 1.807) is 11.3 Å². The molecule has 2 aromatic heterocycles. The summed E-state index contributed by atoms with van der Waals surface area (Å²) in [5, 5.41) is 8.87. The molecule has 0 fully saturated rings. The van der Waals surface area contributed by atoms with Gasteiger partial charge in [-0.25, -0.2) is 4.98 Å². The first-order valence-electron chi connectivity index (χ1n) is 8.87. The Kier molecular flexibility index (Phi) is 10.1. The zero-order valence-electron chi connectivity index (χ0n) is 16.4. The molecule has 0 spiro atoms. The van der Waals surface area contributed by atoms with Crippen LogP contribution in [0.3, 0.4) is 0 Å². The van der Waals surface area contributed by atoms with Crippen LogP contribution in [0.5, 0.6) is 0 Å². The van der Waals surface area contributed by atoms with Gasteiger partial charge in [-0.2, -0.15) is 0 Å². The summed E-state index contributed by atoms with van der Waals surface area (Å²) in [7, 11) is 2.11. The van der Waals surface area contributed by atoms with E-state index in [4.69, 9.17) is 9.98 Å². The summed E-state index contributed by atoms with van der Waals surface area (Å²) < 4.78 is 0. The average Bonchev–Trinajstić information content (AvgIpc) is 3.23. The van der Waals surface area contributed by atoms with Crippen molar-refractivity contribution in [1.29, 1.82) is 0 Å². The number of nitrogens with zero attached hydrogens (tertiary/aromatic N) is 3. The van der Waals surface area contributed by atoms with Crippen molar-refractivity contribution < 1.29 is 0 Å². The molecule has 0 saturated carbocycles. The maximum Gasteiger partial charge on any atom is 0.193 e. The van der Waals surface area contributed by atoms with Crippen LogP contribution in [0.1, 0.15) is 43.3 Å². The van der Waals surface area contributed by atoms with Crippen LogP contribution < -0.4 is 5.32 Å². The van der Waals surface area contributed by atoms with Crippen molar-refractivity contribution >= 4 is 52.6 Å². The molecule has 0 amide bonds. The summed E-state index contributed by atoms with van der Waals surface area (Å²) >= 11 is 3.56. The van der Waals surface area contributed by atoms with Gasteiger partial charge in [0.05, 0.1) is 10.7 Å². The van der Waals surface area contributed by atoms with E-state index >= 15 is 0 Å². The van der Waals surface area contributed by atoms with Crippen molar-refractivity contribution in [1.82, 2.24) is 15.2 Å². The van der Waals surface area contributed by atoms with Crippen LogP contribution >= 0.6 is 46.7 Å². The maximum atomic E-state index is 4.78. The molecule has 0 bridgehead atoms. The van der Waals surface area contributed by atoms with E-state index in [-0.39, 0.29) is 29.4 Å². The molecule has 0 unspecified atom stereocenters. The largest absolute Gasteiger partial charge is 0.357 e. The zero-order valence-corrected chi connectivity index (χ0v) is 20.4. The highest BCUT2D eigenvalue weighted by atomic mass is 127. The minimum Gasteiger partial charge on any atom is -0.357 e. The van der Waals surface area contributed by atoms with Crippen LogP contribution in [0, 0.1) is 0 Å². The van der Waals surface area contributed by atoms with Gasteiger partial charge in [-0.15, -0.1) is 46.7 Å². The van der Waals surface area contributed by atoms with Crippen LogP contribution in [0.15, 0.2) is 27.9 Å². The topological polar surface area (TPSA) is 40.5 Å². The summed E-state index contributed by atoms with van der Waals surface area (Å²) in [6.45, 7) is 11.3. The van der Waals surface area contributed by atoms with Gasteiger partial charge in [0.1, 0.15) is 0 Å². The minimum absolute atomic E-state index is 0. The SMILES string of the molecule is CCNC(=NCCc1nc(C(C)(C)C)cs1)N(C)CCc1cccs1.I. The fraction of sp³-hybridized carbons (Fsp3) is 0.579. The molecule has 0 aromatic carbocycles. The van der Waals surface area contributed by atoms with Crippen molar-refractivity contribution in [2.24, 2.45) is 4.99 Å². The van der Waals surface area contributed by atoms with Crippen molar-refractivity contribution in [2.45, 2.75) is 46.0 Å². The van der Waals surface area contributed by atoms with Gasteiger partial charge in [-0.05, 0) is 24.8 Å². The Morgan fingerprint density at radius 2 is 2.04 bits per heavy atom. The van der Waals surface area contributed by atoms with Crippen molar-refractivity contribution in [2.75, 3.05) is 26.7 Å². The smallest absolute Gasteiger partial charge is 0.193 e. The van der Waals surface area contributed by atoms with E-state index in [1.165, 1.54) is 15.6 Å². The molecule has 0 atom stereocenters. The van der Waals surface area contributed by atoms with Gasteiger partial charge in [0, 0.05) is 48.8 Å². The second-order valence-corrected chi connectivity index (χ2v) is 9.09. The fourth-order valence-corrected chi connectivity index (χ4v) is 4.05. The summed E-state index contributed by atoms with van der Waals surface area (Å²) in [6.07, 6.45) is 1.95. The van der Waals surface area contributed by atoms with E-state index in [9.17, 15) is 0 Å². The first-order chi connectivity index (χ1) is 11.9. The quantitative estimate of drug-likeness (QED) is 0.333. The molecule has 26 heavy (non-hydrogen) atoms. The molecule has 1 N–H and O–H groups in total.